The molecule has 0 saturated heterocycles. The summed E-state index contributed by atoms with van der Waals surface area (Å²) in [6, 6.07) is 20.9. The highest BCUT2D eigenvalue weighted by Crippen LogP contribution is 2.21. The summed E-state index contributed by atoms with van der Waals surface area (Å²) in [6.45, 7) is 3.63. The second-order valence-corrected chi connectivity index (χ2v) is 6.83. The standard InChI is InChI=1S/C20H20N4S/c1-15-12-19-21-23(14-22(2)13-16-8-4-3-5-9-16)20(25)24(19)18-11-7-6-10-17(15)18/h3-12H,13-14H2,1-2H3. The second kappa shape index (κ2) is 6.43. The molecule has 0 bridgehead atoms. The zero-order chi connectivity index (χ0) is 17.4. The van der Waals surface area contributed by atoms with Crippen LogP contribution < -0.4 is 0 Å². The largest absolute Gasteiger partial charge is 0.283 e. The fraction of sp³-hybridized carbons (Fsp3) is 0.200. The molecular weight excluding hydrogens is 328 g/mol. The van der Waals surface area contributed by atoms with E-state index in [0.29, 0.717) is 6.67 Å². The average molecular weight is 348 g/mol. The van der Waals surface area contributed by atoms with E-state index >= 15 is 0 Å². The summed E-state index contributed by atoms with van der Waals surface area (Å²) in [7, 11) is 2.09. The smallest absolute Gasteiger partial charge is 0.204 e. The maximum atomic E-state index is 5.72. The number of rotatable bonds is 4. The van der Waals surface area contributed by atoms with Crippen LogP contribution in [0, 0.1) is 11.7 Å². The first kappa shape index (κ1) is 16.0. The predicted octanol–water partition coefficient (Wildman–Crippen LogP) is 4.42. The van der Waals surface area contributed by atoms with Crippen LogP contribution in [-0.2, 0) is 13.2 Å². The Labute approximate surface area is 151 Å². The molecule has 0 N–H and O–H groups in total. The summed E-state index contributed by atoms with van der Waals surface area (Å²) in [5, 5.41) is 5.95. The molecule has 5 heteroatoms. The molecule has 2 aromatic heterocycles. The van der Waals surface area contributed by atoms with Gasteiger partial charge >= 0.3 is 0 Å². The number of aryl methyl sites for hydroxylation is 1. The molecule has 2 heterocycles. The van der Waals surface area contributed by atoms with Gasteiger partial charge in [-0.1, -0.05) is 48.5 Å². The van der Waals surface area contributed by atoms with Crippen molar-refractivity contribution in [3.8, 4) is 0 Å². The molecule has 0 amide bonds. The highest BCUT2D eigenvalue weighted by molar-refractivity contribution is 7.71. The molecule has 126 valence electrons. The normalized spacial score (nSPS) is 11.6. The summed E-state index contributed by atoms with van der Waals surface area (Å²) in [5.41, 5.74) is 4.50. The fourth-order valence-corrected chi connectivity index (χ4v) is 3.57. The number of hydrogen-bond acceptors (Lipinski definition) is 3. The molecule has 0 atom stereocenters. The number of hydrogen-bond donors (Lipinski definition) is 0. The van der Waals surface area contributed by atoms with Crippen molar-refractivity contribution in [1.29, 1.82) is 0 Å². The van der Waals surface area contributed by atoms with Crippen LogP contribution in [0.15, 0.2) is 60.7 Å². The second-order valence-electron chi connectivity index (χ2n) is 6.46. The maximum Gasteiger partial charge on any atom is 0.204 e. The SMILES string of the molecule is Cc1cc2nn(CN(C)Cc3ccccc3)c(=S)n2c2ccccc12. The van der Waals surface area contributed by atoms with E-state index in [0.717, 1.165) is 22.5 Å². The van der Waals surface area contributed by atoms with E-state index in [-0.39, 0.29) is 0 Å². The average Bonchev–Trinajstić information content (AvgIpc) is 2.91. The molecule has 0 radical (unpaired) electrons. The van der Waals surface area contributed by atoms with Gasteiger partial charge in [0, 0.05) is 11.9 Å². The van der Waals surface area contributed by atoms with Gasteiger partial charge in [-0.25, -0.2) is 4.68 Å². The molecule has 4 rings (SSSR count). The van der Waals surface area contributed by atoms with Crippen LogP contribution in [0.2, 0.25) is 0 Å². The lowest BCUT2D eigenvalue weighted by Crippen LogP contribution is -2.22. The van der Waals surface area contributed by atoms with E-state index in [9.17, 15) is 0 Å². The zero-order valence-electron chi connectivity index (χ0n) is 14.4. The number of fused-ring (bicyclic) bond motifs is 3. The third-order valence-corrected chi connectivity index (χ3v) is 4.84. The van der Waals surface area contributed by atoms with Gasteiger partial charge in [0.05, 0.1) is 12.2 Å². The van der Waals surface area contributed by atoms with Crippen LogP contribution in [0.5, 0.6) is 0 Å². The summed E-state index contributed by atoms with van der Waals surface area (Å²) < 4.78 is 4.69. The Kier molecular flexibility index (Phi) is 4.11. The molecule has 0 spiro atoms. The van der Waals surface area contributed by atoms with Gasteiger partial charge < -0.3 is 0 Å². The molecule has 0 aliphatic rings. The first-order valence-electron chi connectivity index (χ1n) is 8.34. The Balaban J connectivity index is 1.72. The van der Waals surface area contributed by atoms with Crippen LogP contribution in [0.4, 0.5) is 0 Å². The van der Waals surface area contributed by atoms with Crippen LogP contribution in [0.3, 0.4) is 0 Å². The van der Waals surface area contributed by atoms with Crippen molar-refractivity contribution >= 4 is 28.8 Å². The first-order valence-corrected chi connectivity index (χ1v) is 8.75. The summed E-state index contributed by atoms with van der Waals surface area (Å²) in [5.74, 6) is 0. The van der Waals surface area contributed by atoms with E-state index < -0.39 is 0 Å². The predicted molar refractivity (Wildman–Crippen MR) is 104 cm³/mol. The van der Waals surface area contributed by atoms with Crippen LogP contribution >= 0.6 is 12.2 Å². The highest BCUT2D eigenvalue weighted by atomic mass is 32.1. The molecule has 2 aromatic carbocycles. The summed E-state index contributed by atoms with van der Waals surface area (Å²) >= 11 is 5.72. The topological polar surface area (TPSA) is 25.5 Å². The monoisotopic (exact) mass is 348 g/mol. The third kappa shape index (κ3) is 2.97. The molecule has 0 aliphatic carbocycles. The van der Waals surface area contributed by atoms with Crippen molar-refractivity contribution in [2.45, 2.75) is 20.1 Å². The Morgan fingerprint density at radius 1 is 1.04 bits per heavy atom. The Bertz CT molecular complexity index is 1100. The molecule has 0 aliphatic heterocycles. The van der Waals surface area contributed by atoms with Gasteiger partial charge in [-0.3, -0.25) is 9.30 Å². The number of nitrogens with zero attached hydrogens (tertiary/aromatic N) is 4. The third-order valence-electron chi connectivity index (χ3n) is 4.45. The van der Waals surface area contributed by atoms with Crippen molar-refractivity contribution < 1.29 is 0 Å². The quantitative estimate of drug-likeness (QED) is 0.511. The molecule has 4 nitrogen and oxygen atoms in total. The zero-order valence-corrected chi connectivity index (χ0v) is 15.2. The van der Waals surface area contributed by atoms with Crippen molar-refractivity contribution in [2.24, 2.45) is 0 Å². The van der Waals surface area contributed by atoms with Crippen molar-refractivity contribution in [1.82, 2.24) is 19.1 Å². The van der Waals surface area contributed by atoms with E-state index in [1.807, 2.05) is 16.8 Å². The van der Waals surface area contributed by atoms with Crippen LogP contribution in [-0.4, -0.2) is 26.1 Å². The van der Waals surface area contributed by atoms with Gasteiger partial charge in [-0.05, 0) is 49.4 Å². The van der Waals surface area contributed by atoms with Crippen molar-refractivity contribution in [3.05, 3.63) is 76.6 Å². The Morgan fingerprint density at radius 2 is 1.76 bits per heavy atom. The molecule has 0 saturated carbocycles. The van der Waals surface area contributed by atoms with Gasteiger partial charge in [-0.15, -0.1) is 0 Å². The van der Waals surface area contributed by atoms with Gasteiger partial charge in [0.15, 0.2) is 5.65 Å². The van der Waals surface area contributed by atoms with Crippen molar-refractivity contribution in [2.75, 3.05) is 7.05 Å². The minimum Gasteiger partial charge on any atom is -0.283 e. The van der Waals surface area contributed by atoms with Crippen molar-refractivity contribution in [3.63, 3.8) is 0 Å². The van der Waals surface area contributed by atoms with Gasteiger partial charge in [-0.2, -0.15) is 5.10 Å². The minimum absolute atomic E-state index is 0.656. The number of benzene rings is 2. The van der Waals surface area contributed by atoms with E-state index in [1.165, 1.54) is 16.5 Å². The Morgan fingerprint density at radius 3 is 2.56 bits per heavy atom. The molecule has 0 unspecified atom stereocenters. The number of aromatic nitrogens is 3. The van der Waals surface area contributed by atoms with Crippen LogP contribution in [0.25, 0.3) is 16.6 Å². The molecular formula is C20H20N4S. The molecule has 4 aromatic rings. The Hall–Kier alpha value is -2.50. The lowest BCUT2D eigenvalue weighted by Gasteiger charge is -2.16. The van der Waals surface area contributed by atoms with E-state index in [1.54, 1.807) is 0 Å². The molecule has 25 heavy (non-hydrogen) atoms. The number of para-hydroxylation sites is 1. The van der Waals surface area contributed by atoms with E-state index in [2.05, 4.69) is 71.8 Å². The molecule has 0 fully saturated rings. The summed E-state index contributed by atoms with van der Waals surface area (Å²) in [6.07, 6.45) is 0. The lowest BCUT2D eigenvalue weighted by molar-refractivity contribution is 0.245. The highest BCUT2D eigenvalue weighted by Gasteiger charge is 2.11. The van der Waals surface area contributed by atoms with Gasteiger partial charge in [0.1, 0.15) is 0 Å². The van der Waals surface area contributed by atoms with Gasteiger partial charge in [0.2, 0.25) is 4.77 Å². The van der Waals surface area contributed by atoms with Crippen LogP contribution in [0.1, 0.15) is 11.1 Å². The minimum atomic E-state index is 0.656. The van der Waals surface area contributed by atoms with Gasteiger partial charge in [0.25, 0.3) is 0 Å². The fourth-order valence-electron chi connectivity index (χ4n) is 3.28. The first-order chi connectivity index (χ1) is 12.1. The maximum absolute atomic E-state index is 5.72. The number of pyridine rings is 1. The van der Waals surface area contributed by atoms with E-state index in [4.69, 9.17) is 17.3 Å². The summed E-state index contributed by atoms with van der Waals surface area (Å²) in [4.78, 5) is 2.21. The lowest BCUT2D eigenvalue weighted by atomic mass is 10.1.